The summed E-state index contributed by atoms with van der Waals surface area (Å²) in [6, 6.07) is 15.9. The minimum absolute atomic E-state index is 0.0391. The molecule has 0 spiro atoms. The van der Waals surface area contributed by atoms with E-state index in [2.05, 4.69) is 25.9 Å². The molecule has 0 radical (unpaired) electrons. The maximum atomic E-state index is 12.6. The molecular weight excluding hydrogens is 398 g/mol. The number of nitrogens with zero attached hydrogens (tertiary/aromatic N) is 1. The summed E-state index contributed by atoms with van der Waals surface area (Å²) in [5.74, 6) is -0.174. The smallest absolute Gasteiger partial charge is 0.387 e. The zero-order chi connectivity index (χ0) is 20.2. The third kappa shape index (κ3) is 4.58. The molecule has 6 nitrogen and oxygen atoms in total. The van der Waals surface area contributed by atoms with E-state index in [4.69, 9.17) is 0 Å². The molecule has 1 fully saturated rings. The van der Waals surface area contributed by atoms with Crippen molar-refractivity contribution in [1.82, 2.24) is 15.8 Å². The molecule has 0 saturated carbocycles. The molecule has 1 aromatic heterocycles. The van der Waals surface area contributed by atoms with Crippen LogP contribution < -0.4 is 20.9 Å². The Morgan fingerprint density at radius 3 is 2.69 bits per heavy atom. The molecule has 29 heavy (non-hydrogen) atoms. The number of nitrogens with one attached hydrogen (secondary N) is 3. The second-order valence-corrected chi connectivity index (χ2v) is 7.30. The minimum atomic E-state index is -2.92. The lowest BCUT2D eigenvalue weighted by Crippen LogP contribution is -2.39. The van der Waals surface area contributed by atoms with Gasteiger partial charge in [0.25, 0.3) is 0 Å². The van der Waals surface area contributed by atoms with Gasteiger partial charge in [-0.05, 0) is 24.1 Å². The number of amides is 1. The molecule has 150 valence electrons. The maximum Gasteiger partial charge on any atom is 0.387 e. The predicted molar refractivity (Wildman–Crippen MR) is 107 cm³/mol. The highest BCUT2D eigenvalue weighted by atomic mass is 32.1. The van der Waals surface area contributed by atoms with Gasteiger partial charge < -0.3 is 10.1 Å². The van der Waals surface area contributed by atoms with E-state index < -0.39 is 12.7 Å². The van der Waals surface area contributed by atoms with Gasteiger partial charge in [0.05, 0.1) is 5.69 Å². The van der Waals surface area contributed by atoms with E-state index in [1.54, 1.807) is 23.6 Å². The van der Waals surface area contributed by atoms with Gasteiger partial charge in [-0.1, -0.05) is 42.5 Å². The zero-order valence-electron chi connectivity index (χ0n) is 15.1. The molecule has 0 aliphatic carbocycles. The number of rotatable bonds is 6. The van der Waals surface area contributed by atoms with Crippen molar-refractivity contribution in [3.05, 3.63) is 65.5 Å². The standard InChI is InChI=1S/C20H18F2N4O2S/c21-19(22)28-17-9-5-4-8-13(17)16-11-29-20(23-16)24-18(27)15-10-14(25-26-15)12-6-2-1-3-7-12/h1-9,11,14-15,19,25-26H,10H2,(H,23,24,27). The largest absolute Gasteiger partial charge is 0.434 e. The summed E-state index contributed by atoms with van der Waals surface area (Å²) in [7, 11) is 0. The number of para-hydroxylation sites is 1. The van der Waals surface area contributed by atoms with E-state index in [1.165, 1.54) is 17.4 Å². The number of hydrazine groups is 1. The first-order valence-corrected chi connectivity index (χ1v) is 9.84. The molecule has 2 aromatic carbocycles. The molecule has 1 amide bonds. The maximum absolute atomic E-state index is 12.6. The van der Waals surface area contributed by atoms with Crippen LogP contribution in [0.3, 0.4) is 0 Å². The highest BCUT2D eigenvalue weighted by molar-refractivity contribution is 7.14. The first-order chi connectivity index (χ1) is 14.1. The van der Waals surface area contributed by atoms with Crippen molar-refractivity contribution >= 4 is 22.4 Å². The summed E-state index contributed by atoms with van der Waals surface area (Å²) in [6.07, 6.45) is 0.596. The summed E-state index contributed by atoms with van der Waals surface area (Å²) in [6.45, 7) is -2.92. The van der Waals surface area contributed by atoms with Crippen LogP contribution in [0.1, 0.15) is 18.0 Å². The number of aromatic nitrogens is 1. The van der Waals surface area contributed by atoms with Crippen LogP contribution in [0.15, 0.2) is 60.0 Å². The number of anilines is 1. The third-order valence-corrected chi connectivity index (χ3v) is 5.29. The zero-order valence-corrected chi connectivity index (χ0v) is 16.0. The van der Waals surface area contributed by atoms with Crippen LogP contribution in [0.2, 0.25) is 0 Å². The summed E-state index contributed by atoms with van der Waals surface area (Å²) in [4.78, 5) is 16.9. The average Bonchev–Trinajstić information content (AvgIpc) is 3.38. The van der Waals surface area contributed by atoms with Crippen molar-refractivity contribution in [2.45, 2.75) is 25.1 Å². The molecule has 9 heteroatoms. The Bertz CT molecular complexity index is 983. The number of hydrogen-bond acceptors (Lipinski definition) is 6. The fraction of sp³-hybridized carbons (Fsp3) is 0.200. The Hall–Kier alpha value is -2.88. The summed E-state index contributed by atoms with van der Waals surface area (Å²) >= 11 is 1.22. The normalized spacial score (nSPS) is 18.7. The van der Waals surface area contributed by atoms with Crippen LogP contribution in [0, 0.1) is 0 Å². The Labute approximate surface area is 169 Å². The summed E-state index contributed by atoms with van der Waals surface area (Å²) in [5.41, 5.74) is 8.14. The van der Waals surface area contributed by atoms with Crippen molar-refractivity contribution in [3.8, 4) is 17.0 Å². The minimum Gasteiger partial charge on any atom is -0.434 e. The van der Waals surface area contributed by atoms with E-state index in [0.29, 0.717) is 22.8 Å². The fourth-order valence-corrected chi connectivity index (χ4v) is 3.87. The average molecular weight is 416 g/mol. The van der Waals surface area contributed by atoms with Crippen LogP contribution in [0.4, 0.5) is 13.9 Å². The number of halogens is 2. The number of thiazole rings is 1. The van der Waals surface area contributed by atoms with Crippen LogP contribution in [0.25, 0.3) is 11.3 Å². The molecule has 1 aliphatic rings. The van der Waals surface area contributed by atoms with Crippen molar-refractivity contribution in [2.24, 2.45) is 0 Å². The van der Waals surface area contributed by atoms with Gasteiger partial charge in [-0.15, -0.1) is 11.3 Å². The van der Waals surface area contributed by atoms with Gasteiger partial charge in [-0.3, -0.25) is 4.79 Å². The first-order valence-electron chi connectivity index (χ1n) is 8.97. The topological polar surface area (TPSA) is 75.3 Å². The lowest BCUT2D eigenvalue weighted by molar-refractivity contribution is -0.117. The Balaban J connectivity index is 1.42. The lowest BCUT2D eigenvalue weighted by atomic mass is 10.0. The van der Waals surface area contributed by atoms with Gasteiger partial charge in [-0.25, -0.2) is 15.8 Å². The van der Waals surface area contributed by atoms with Crippen LogP contribution in [0.5, 0.6) is 5.75 Å². The second-order valence-electron chi connectivity index (χ2n) is 6.44. The van der Waals surface area contributed by atoms with E-state index in [1.807, 2.05) is 30.3 Å². The molecule has 1 saturated heterocycles. The van der Waals surface area contributed by atoms with Crippen molar-refractivity contribution in [3.63, 3.8) is 0 Å². The molecule has 2 unspecified atom stereocenters. The van der Waals surface area contributed by atoms with Gasteiger partial charge in [0.1, 0.15) is 11.8 Å². The lowest BCUT2D eigenvalue weighted by Gasteiger charge is -2.09. The Morgan fingerprint density at radius 2 is 1.90 bits per heavy atom. The van der Waals surface area contributed by atoms with Gasteiger partial charge in [0.2, 0.25) is 5.91 Å². The van der Waals surface area contributed by atoms with E-state index in [-0.39, 0.29) is 17.7 Å². The number of carbonyl (C=O) groups excluding carboxylic acids is 1. The third-order valence-electron chi connectivity index (χ3n) is 4.54. The van der Waals surface area contributed by atoms with Crippen molar-refractivity contribution in [2.75, 3.05) is 5.32 Å². The molecule has 3 N–H and O–H groups in total. The number of alkyl halides is 2. The van der Waals surface area contributed by atoms with Crippen LogP contribution in [-0.2, 0) is 4.79 Å². The van der Waals surface area contributed by atoms with Crippen LogP contribution in [-0.4, -0.2) is 23.5 Å². The van der Waals surface area contributed by atoms with Crippen LogP contribution >= 0.6 is 11.3 Å². The molecule has 0 bridgehead atoms. The second kappa shape index (κ2) is 8.64. The molecule has 2 atom stereocenters. The molecule has 3 aromatic rings. The monoisotopic (exact) mass is 416 g/mol. The van der Waals surface area contributed by atoms with Gasteiger partial charge in [0, 0.05) is 17.0 Å². The summed E-state index contributed by atoms with van der Waals surface area (Å²) < 4.78 is 29.8. The Kier molecular flexibility index (Phi) is 5.79. The number of carbonyl (C=O) groups is 1. The molecule has 4 rings (SSSR count). The van der Waals surface area contributed by atoms with Gasteiger partial charge in [0.15, 0.2) is 5.13 Å². The molecular formula is C20H18F2N4O2S. The van der Waals surface area contributed by atoms with E-state index in [0.717, 1.165) is 5.56 Å². The quantitative estimate of drug-likeness (QED) is 0.567. The van der Waals surface area contributed by atoms with Crippen molar-refractivity contribution in [1.29, 1.82) is 0 Å². The predicted octanol–water partition coefficient (Wildman–Crippen LogP) is 3.96. The van der Waals surface area contributed by atoms with Gasteiger partial charge >= 0.3 is 6.61 Å². The fourth-order valence-electron chi connectivity index (χ4n) is 3.16. The molecule has 2 heterocycles. The SMILES string of the molecule is O=C(Nc1nc(-c2ccccc2OC(F)F)cs1)C1CC(c2ccccc2)NN1. The van der Waals surface area contributed by atoms with E-state index in [9.17, 15) is 13.6 Å². The van der Waals surface area contributed by atoms with E-state index >= 15 is 0 Å². The highest BCUT2D eigenvalue weighted by Gasteiger charge is 2.30. The number of hydrogen-bond donors (Lipinski definition) is 3. The Morgan fingerprint density at radius 1 is 1.14 bits per heavy atom. The van der Waals surface area contributed by atoms with Gasteiger partial charge in [-0.2, -0.15) is 8.78 Å². The molecule has 1 aliphatic heterocycles. The number of ether oxygens (including phenoxy) is 1. The first kappa shape index (κ1) is 19.4. The highest BCUT2D eigenvalue weighted by Crippen LogP contribution is 2.33. The summed E-state index contributed by atoms with van der Waals surface area (Å²) in [5, 5.41) is 4.86. The number of benzene rings is 2. The van der Waals surface area contributed by atoms with Crippen molar-refractivity contribution < 1.29 is 18.3 Å².